The molecule has 0 saturated heterocycles. The molecule has 0 aliphatic rings. The first-order valence-electron chi connectivity index (χ1n) is 8.27. The van der Waals surface area contributed by atoms with Gasteiger partial charge in [-0.2, -0.15) is 13.2 Å². The first kappa shape index (κ1) is 21.0. The summed E-state index contributed by atoms with van der Waals surface area (Å²) in [4.78, 5) is 16.5. The van der Waals surface area contributed by atoms with E-state index in [-0.39, 0.29) is 11.4 Å². The van der Waals surface area contributed by atoms with Crippen molar-refractivity contribution in [2.24, 2.45) is 0 Å². The van der Waals surface area contributed by atoms with Crippen LogP contribution >= 0.6 is 23.1 Å². The van der Waals surface area contributed by atoms with Gasteiger partial charge in [0.05, 0.1) is 18.4 Å². The van der Waals surface area contributed by atoms with Gasteiger partial charge in [-0.25, -0.2) is 4.98 Å². The molecule has 1 amide bonds. The lowest BCUT2D eigenvalue weighted by molar-refractivity contribution is -0.137. The smallest absolute Gasteiger partial charge is 0.416 e. The summed E-state index contributed by atoms with van der Waals surface area (Å²) in [6.45, 7) is 0. The number of carbonyl (C=O) groups excluding carboxylic acids is 1. The second-order valence-corrected chi connectivity index (χ2v) is 8.09. The summed E-state index contributed by atoms with van der Waals surface area (Å²) in [6.07, 6.45) is -4.47. The highest BCUT2D eigenvalue weighted by molar-refractivity contribution is 8.01. The Labute approximate surface area is 173 Å². The predicted molar refractivity (Wildman–Crippen MR) is 109 cm³/mol. The van der Waals surface area contributed by atoms with E-state index >= 15 is 0 Å². The quantitative estimate of drug-likeness (QED) is 0.520. The number of thioether (sulfide) groups is 1. The van der Waals surface area contributed by atoms with Gasteiger partial charge in [-0.1, -0.05) is 29.2 Å². The van der Waals surface area contributed by atoms with E-state index in [4.69, 9.17) is 10.5 Å². The summed E-state index contributed by atoms with van der Waals surface area (Å²) < 4.78 is 44.0. The van der Waals surface area contributed by atoms with Crippen LogP contribution in [0.4, 0.5) is 23.9 Å². The van der Waals surface area contributed by atoms with Crippen LogP contribution in [0.25, 0.3) is 11.3 Å². The van der Waals surface area contributed by atoms with Crippen molar-refractivity contribution in [2.45, 2.75) is 10.5 Å². The zero-order valence-corrected chi connectivity index (χ0v) is 16.8. The molecule has 0 radical (unpaired) electrons. The number of thiazole rings is 1. The number of carbonyl (C=O) groups is 1. The fourth-order valence-corrected chi connectivity index (χ4v) is 4.18. The van der Waals surface area contributed by atoms with Crippen molar-refractivity contribution in [1.82, 2.24) is 4.98 Å². The van der Waals surface area contributed by atoms with E-state index in [1.165, 1.54) is 23.5 Å². The van der Waals surface area contributed by atoms with Gasteiger partial charge in [0.15, 0.2) is 4.34 Å². The van der Waals surface area contributed by atoms with Gasteiger partial charge in [0.2, 0.25) is 5.91 Å². The summed E-state index contributed by atoms with van der Waals surface area (Å²) in [5.74, 6) is 0.267. The van der Waals surface area contributed by atoms with Gasteiger partial charge in [-0.3, -0.25) is 4.79 Å². The second kappa shape index (κ2) is 8.75. The Morgan fingerprint density at radius 3 is 2.62 bits per heavy atom. The fraction of sp³-hybridized carbons (Fsp3) is 0.158. The molecule has 1 aromatic heterocycles. The molecule has 1 heterocycles. The molecule has 2 aromatic carbocycles. The van der Waals surface area contributed by atoms with Crippen LogP contribution < -0.4 is 15.8 Å². The van der Waals surface area contributed by atoms with Crippen LogP contribution in [0.5, 0.6) is 5.75 Å². The van der Waals surface area contributed by atoms with Crippen molar-refractivity contribution in [3.63, 3.8) is 0 Å². The Bertz CT molecular complexity index is 1000. The van der Waals surface area contributed by atoms with Gasteiger partial charge in [-0.15, -0.1) is 0 Å². The molecule has 3 aromatic rings. The van der Waals surface area contributed by atoms with Crippen LogP contribution in [-0.2, 0) is 11.0 Å². The monoisotopic (exact) mass is 439 g/mol. The number of hydrogen-bond acceptors (Lipinski definition) is 6. The van der Waals surface area contributed by atoms with Crippen LogP contribution in [0.15, 0.2) is 52.9 Å². The Balaban J connectivity index is 1.62. The molecule has 0 bridgehead atoms. The van der Waals surface area contributed by atoms with Crippen molar-refractivity contribution < 1.29 is 22.7 Å². The van der Waals surface area contributed by atoms with Gasteiger partial charge in [0, 0.05) is 11.3 Å². The first-order chi connectivity index (χ1) is 13.8. The maximum absolute atomic E-state index is 12.8. The van der Waals surface area contributed by atoms with Gasteiger partial charge >= 0.3 is 6.18 Å². The third-order valence-electron chi connectivity index (χ3n) is 3.80. The first-order valence-corrected chi connectivity index (χ1v) is 10.1. The van der Waals surface area contributed by atoms with E-state index in [0.29, 0.717) is 20.8 Å². The number of halogens is 3. The number of nitrogens with two attached hydrogens (primary N) is 1. The van der Waals surface area contributed by atoms with E-state index in [2.05, 4.69) is 10.3 Å². The molecule has 0 saturated carbocycles. The number of rotatable bonds is 6. The number of ether oxygens (including phenoxy) is 1. The SMILES string of the molecule is COc1ccc(-c2nc(SCC(=O)Nc3cccc(C(F)(F)F)c3)sc2N)cc1. The largest absolute Gasteiger partial charge is 0.497 e. The van der Waals surface area contributed by atoms with Crippen molar-refractivity contribution in [3.05, 3.63) is 54.1 Å². The minimum absolute atomic E-state index is 0.00868. The minimum Gasteiger partial charge on any atom is -0.497 e. The van der Waals surface area contributed by atoms with Gasteiger partial charge in [-0.05, 0) is 42.5 Å². The molecular weight excluding hydrogens is 423 g/mol. The van der Waals surface area contributed by atoms with Crippen molar-refractivity contribution >= 4 is 39.7 Å². The molecule has 3 rings (SSSR count). The average molecular weight is 439 g/mol. The zero-order chi connectivity index (χ0) is 21.0. The Morgan fingerprint density at radius 1 is 1.24 bits per heavy atom. The Morgan fingerprint density at radius 2 is 1.97 bits per heavy atom. The number of alkyl halides is 3. The maximum Gasteiger partial charge on any atom is 0.416 e. The predicted octanol–water partition coefficient (Wildman–Crippen LogP) is 5.15. The number of aromatic nitrogens is 1. The van der Waals surface area contributed by atoms with Crippen LogP contribution in [0.1, 0.15) is 5.56 Å². The molecule has 0 atom stereocenters. The topological polar surface area (TPSA) is 77.2 Å². The zero-order valence-electron chi connectivity index (χ0n) is 15.1. The number of nitrogens with zero attached hydrogens (tertiary/aromatic N) is 1. The van der Waals surface area contributed by atoms with E-state index < -0.39 is 17.6 Å². The Hall–Kier alpha value is -2.72. The van der Waals surface area contributed by atoms with Gasteiger partial charge in [0.25, 0.3) is 0 Å². The van der Waals surface area contributed by atoms with Crippen LogP contribution in [0.3, 0.4) is 0 Å². The summed E-state index contributed by atoms with van der Waals surface area (Å²) in [6, 6.07) is 11.7. The molecule has 3 N–H and O–H groups in total. The number of anilines is 2. The van der Waals surface area contributed by atoms with Crippen molar-refractivity contribution in [3.8, 4) is 17.0 Å². The molecule has 0 aliphatic heterocycles. The lowest BCUT2D eigenvalue weighted by atomic mass is 10.1. The highest BCUT2D eigenvalue weighted by Crippen LogP contribution is 2.36. The van der Waals surface area contributed by atoms with E-state index in [9.17, 15) is 18.0 Å². The van der Waals surface area contributed by atoms with Crippen molar-refractivity contribution in [2.75, 3.05) is 23.9 Å². The number of methoxy groups -OCH3 is 1. The number of nitrogens with one attached hydrogen (secondary N) is 1. The highest BCUT2D eigenvalue weighted by Gasteiger charge is 2.30. The minimum atomic E-state index is -4.47. The highest BCUT2D eigenvalue weighted by atomic mass is 32.2. The van der Waals surface area contributed by atoms with E-state index in [0.717, 1.165) is 29.5 Å². The summed E-state index contributed by atoms with van der Waals surface area (Å²) in [7, 11) is 1.57. The Kier molecular flexibility index (Phi) is 6.33. The van der Waals surface area contributed by atoms with Crippen molar-refractivity contribution in [1.29, 1.82) is 0 Å². The number of nitrogen functional groups attached to an aromatic ring is 1. The van der Waals surface area contributed by atoms with E-state index in [1.54, 1.807) is 19.2 Å². The molecule has 10 heteroatoms. The van der Waals surface area contributed by atoms with Crippen LogP contribution in [-0.4, -0.2) is 23.8 Å². The molecule has 0 fully saturated rings. The normalized spacial score (nSPS) is 11.3. The third kappa shape index (κ3) is 5.42. The number of benzene rings is 2. The second-order valence-electron chi connectivity index (χ2n) is 5.84. The average Bonchev–Trinajstić information content (AvgIpc) is 3.07. The maximum atomic E-state index is 12.8. The number of hydrogen-bond donors (Lipinski definition) is 2. The molecule has 29 heavy (non-hydrogen) atoms. The fourth-order valence-electron chi connectivity index (χ4n) is 2.43. The molecular formula is C19H16F3N3O2S2. The molecule has 5 nitrogen and oxygen atoms in total. The lowest BCUT2D eigenvalue weighted by Gasteiger charge is -2.09. The van der Waals surface area contributed by atoms with E-state index in [1.807, 2.05) is 12.1 Å². The molecule has 0 unspecified atom stereocenters. The number of amides is 1. The standard InChI is InChI=1S/C19H16F3N3O2S2/c1-27-14-7-5-11(6-8-14)16-17(23)29-18(25-16)28-10-15(26)24-13-4-2-3-12(9-13)19(20,21)22/h2-9H,10,23H2,1H3,(H,24,26). The van der Waals surface area contributed by atoms with Gasteiger partial charge < -0.3 is 15.8 Å². The lowest BCUT2D eigenvalue weighted by Crippen LogP contribution is -2.15. The summed E-state index contributed by atoms with van der Waals surface area (Å²) in [5.41, 5.74) is 6.73. The summed E-state index contributed by atoms with van der Waals surface area (Å²) >= 11 is 2.41. The van der Waals surface area contributed by atoms with Crippen LogP contribution in [0.2, 0.25) is 0 Å². The summed E-state index contributed by atoms with van der Waals surface area (Å²) in [5, 5.41) is 2.97. The molecule has 0 spiro atoms. The third-order valence-corrected chi connectivity index (χ3v) is 5.83. The molecule has 152 valence electrons. The molecule has 0 aliphatic carbocycles. The van der Waals surface area contributed by atoms with Crippen LogP contribution in [0, 0.1) is 0 Å². The van der Waals surface area contributed by atoms with Gasteiger partial charge in [0.1, 0.15) is 16.4 Å².